The van der Waals surface area contributed by atoms with E-state index in [9.17, 15) is 8.42 Å². The molecule has 0 bridgehead atoms. The van der Waals surface area contributed by atoms with Crippen molar-refractivity contribution in [1.29, 1.82) is 0 Å². The molecule has 1 aliphatic heterocycles. The van der Waals surface area contributed by atoms with Crippen LogP contribution < -0.4 is 9.44 Å². The first-order valence-electron chi connectivity index (χ1n) is 4.07. The highest BCUT2D eigenvalue weighted by molar-refractivity contribution is 9.10. The van der Waals surface area contributed by atoms with Gasteiger partial charge in [0.05, 0.1) is 5.69 Å². The van der Waals surface area contributed by atoms with Crippen LogP contribution in [0.3, 0.4) is 0 Å². The normalized spacial score (nSPS) is 15.7. The van der Waals surface area contributed by atoms with Crippen LogP contribution in [0.4, 0.5) is 5.69 Å². The van der Waals surface area contributed by atoms with Crippen LogP contribution in [0.15, 0.2) is 22.7 Å². The van der Waals surface area contributed by atoms with E-state index < -0.39 is 10.2 Å². The first kappa shape index (κ1) is 9.95. The zero-order valence-electron chi connectivity index (χ0n) is 7.27. The fraction of sp³-hybridized carbons (Fsp3) is 0.250. The van der Waals surface area contributed by atoms with E-state index in [0.717, 1.165) is 16.5 Å². The van der Waals surface area contributed by atoms with Gasteiger partial charge in [-0.25, -0.2) is 5.14 Å². The molecule has 6 heteroatoms. The SMILES string of the molecule is NS(=O)(=O)N1CCc2ccc(Br)cc21. The van der Waals surface area contributed by atoms with Crippen molar-refractivity contribution < 1.29 is 8.42 Å². The summed E-state index contributed by atoms with van der Waals surface area (Å²) in [5.41, 5.74) is 1.70. The van der Waals surface area contributed by atoms with Gasteiger partial charge in [-0.1, -0.05) is 22.0 Å². The monoisotopic (exact) mass is 276 g/mol. The molecule has 0 saturated heterocycles. The second kappa shape index (κ2) is 3.22. The molecule has 0 aliphatic carbocycles. The summed E-state index contributed by atoms with van der Waals surface area (Å²) in [5, 5.41) is 5.09. The molecule has 1 aromatic rings. The molecule has 0 radical (unpaired) electrons. The van der Waals surface area contributed by atoms with E-state index in [2.05, 4.69) is 15.9 Å². The summed E-state index contributed by atoms with van der Waals surface area (Å²) >= 11 is 3.30. The fourth-order valence-corrected chi connectivity index (χ4v) is 2.73. The van der Waals surface area contributed by atoms with Gasteiger partial charge in [0, 0.05) is 11.0 Å². The lowest BCUT2D eigenvalue weighted by Crippen LogP contribution is -2.35. The molecule has 1 aromatic carbocycles. The van der Waals surface area contributed by atoms with Gasteiger partial charge < -0.3 is 0 Å². The van der Waals surface area contributed by atoms with Crippen LogP contribution in [0.1, 0.15) is 5.56 Å². The van der Waals surface area contributed by atoms with Crippen molar-refractivity contribution in [2.75, 3.05) is 10.8 Å². The van der Waals surface area contributed by atoms with E-state index in [0.29, 0.717) is 12.2 Å². The van der Waals surface area contributed by atoms with E-state index in [1.165, 1.54) is 4.31 Å². The fourth-order valence-electron chi connectivity index (χ4n) is 1.59. The number of nitrogens with two attached hydrogens (primary N) is 1. The van der Waals surface area contributed by atoms with Crippen molar-refractivity contribution >= 4 is 31.8 Å². The molecule has 0 spiro atoms. The molecule has 0 saturated carbocycles. The molecule has 0 unspecified atom stereocenters. The predicted octanol–water partition coefficient (Wildman–Crippen LogP) is 1.02. The van der Waals surface area contributed by atoms with Crippen molar-refractivity contribution in [3.8, 4) is 0 Å². The van der Waals surface area contributed by atoms with Gasteiger partial charge in [0.1, 0.15) is 0 Å². The minimum atomic E-state index is -3.62. The molecule has 2 rings (SSSR count). The Bertz CT molecular complexity index is 472. The highest BCUT2D eigenvalue weighted by Gasteiger charge is 2.26. The van der Waals surface area contributed by atoms with Crippen LogP contribution >= 0.6 is 15.9 Å². The lowest BCUT2D eigenvalue weighted by molar-refractivity contribution is 0.594. The first-order valence-corrected chi connectivity index (χ1v) is 6.37. The second-order valence-electron chi connectivity index (χ2n) is 3.14. The van der Waals surface area contributed by atoms with E-state index in [1.54, 1.807) is 6.07 Å². The lowest BCUT2D eigenvalue weighted by Gasteiger charge is -2.15. The van der Waals surface area contributed by atoms with Gasteiger partial charge in [-0.3, -0.25) is 4.31 Å². The van der Waals surface area contributed by atoms with Gasteiger partial charge in [0.2, 0.25) is 0 Å². The first-order chi connectivity index (χ1) is 6.48. The maximum Gasteiger partial charge on any atom is 0.299 e. The summed E-state index contributed by atoms with van der Waals surface area (Å²) in [6.07, 6.45) is 0.721. The van der Waals surface area contributed by atoms with Gasteiger partial charge in [-0.2, -0.15) is 8.42 Å². The number of anilines is 1. The molecular formula is C8H9BrN2O2S. The summed E-state index contributed by atoms with van der Waals surface area (Å²) in [4.78, 5) is 0. The summed E-state index contributed by atoms with van der Waals surface area (Å²) in [6.45, 7) is 0.435. The average Bonchev–Trinajstić information content (AvgIpc) is 2.45. The zero-order chi connectivity index (χ0) is 10.3. The average molecular weight is 277 g/mol. The number of benzene rings is 1. The zero-order valence-corrected chi connectivity index (χ0v) is 9.68. The van der Waals surface area contributed by atoms with Crippen molar-refractivity contribution in [3.05, 3.63) is 28.2 Å². The van der Waals surface area contributed by atoms with E-state index in [1.807, 2.05) is 12.1 Å². The smallest absolute Gasteiger partial charge is 0.257 e. The third-order valence-electron chi connectivity index (χ3n) is 2.21. The standard InChI is InChI=1S/C8H9BrN2O2S/c9-7-2-1-6-3-4-11(8(6)5-7)14(10,12)13/h1-2,5H,3-4H2,(H2,10,12,13). The Morgan fingerprint density at radius 1 is 1.43 bits per heavy atom. The number of hydrogen-bond acceptors (Lipinski definition) is 2. The Kier molecular flexibility index (Phi) is 2.29. The molecule has 0 amide bonds. The molecule has 1 heterocycles. The number of nitrogens with zero attached hydrogens (tertiary/aromatic N) is 1. The van der Waals surface area contributed by atoms with Crippen molar-refractivity contribution in [3.63, 3.8) is 0 Å². The third kappa shape index (κ3) is 1.65. The molecule has 1 aliphatic rings. The largest absolute Gasteiger partial charge is 0.299 e. The highest BCUT2D eigenvalue weighted by atomic mass is 79.9. The van der Waals surface area contributed by atoms with Gasteiger partial charge in [-0.15, -0.1) is 0 Å². The number of fused-ring (bicyclic) bond motifs is 1. The van der Waals surface area contributed by atoms with Crippen LogP contribution in [-0.4, -0.2) is 15.0 Å². The van der Waals surface area contributed by atoms with Gasteiger partial charge in [0.15, 0.2) is 0 Å². The van der Waals surface area contributed by atoms with Crippen molar-refractivity contribution in [1.82, 2.24) is 0 Å². The summed E-state index contributed by atoms with van der Waals surface area (Å²) < 4.78 is 24.5. The van der Waals surface area contributed by atoms with Crippen LogP contribution in [0.5, 0.6) is 0 Å². The topological polar surface area (TPSA) is 63.4 Å². The number of rotatable bonds is 1. The number of hydrogen-bond donors (Lipinski definition) is 1. The quantitative estimate of drug-likeness (QED) is 0.832. The molecule has 14 heavy (non-hydrogen) atoms. The minimum absolute atomic E-state index is 0.435. The molecule has 2 N–H and O–H groups in total. The molecule has 0 aromatic heterocycles. The Morgan fingerprint density at radius 3 is 2.79 bits per heavy atom. The maximum absolute atomic E-state index is 11.2. The highest BCUT2D eigenvalue weighted by Crippen LogP contribution is 2.31. The third-order valence-corrected chi connectivity index (χ3v) is 3.69. The summed E-state index contributed by atoms with van der Waals surface area (Å²) in [5.74, 6) is 0. The second-order valence-corrected chi connectivity index (χ2v) is 5.53. The van der Waals surface area contributed by atoms with Gasteiger partial charge in [-0.05, 0) is 24.1 Å². The van der Waals surface area contributed by atoms with Crippen LogP contribution in [0.2, 0.25) is 0 Å². The van der Waals surface area contributed by atoms with E-state index in [4.69, 9.17) is 5.14 Å². The minimum Gasteiger partial charge on any atom is -0.257 e. The number of halogens is 1. The molecule has 4 nitrogen and oxygen atoms in total. The predicted molar refractivity (Wildman–Crippen MR) is 58.3 cm³/mol. The molecule has 0 fully saturated rings. The Balaban J connectivity index is 2.54. The van der Waals surface area contributed by atoms with Gasteiger partial charge >= 0.3 is 0 Å². The Morgan fingerprint density at radius 2 is 2.14 bits per heavy atom. The molecule has 76 valence electrons. The Labute approximate surface area is 91.0 Å². The molecule has 0 atom stereocenters. The van der Waals surface area contributed by atoms with E-state index in [-0.39, 0.29) is 0 Å². The van der Waals surface area contributed by atoms with Crippen LogP contribution in [0.25, 0.3) is 0 Å². The maximum atomic E-state index is 11.2. The van der Waals surface area contributed by atoms with Crippen molar-refractivity contribution in [2.24, 2.45) is 5.14 Å². The molecular weight excluding hydrogens is 268 g/mol. The van der Waals surface area contributed by atoms with E-state index >= 15 is 0 Å². The summed E-state index contributed by atoms with van der Waals surface area (Å²) in [7, 11) is -3.62. The van der Waals surface area contributed by atoms with Crippen molar-refractivity contribution in [2.45, 2.75) is 6.42 Å². The van der Waals surface area contributed by atoms with Crippen LogP contribution in [0, 0.1) is 0 Å². The Hall–Kier alpha value is -0.590. The summed E-state index contributed by atoms with van der Waals surface area (Å²) in [6, 6.07) is 5.57. The van der Waals surface area contributed by atoms with Gasteiger partial charge in [0.25, 0.3) is 10.2 Å². The van der Waals surface area contributed by atoms with Crippen LogP contribution in [-0.2, 0) is 16.6 Å². The lowest BCUT2D eigenvalue weighted by atomic mass is 10.2.